The molecule has 2 N–H and O–H groups in total. The number of hydrogen-bond acceptors (Lipinski definition) is 3. The van der Waals surface area contributed by atoms with E-state index in [-0.39, 0.29) is 0 Å². The highest BCUT2D eigenvalue weighted by molar-refractivity contribution is 5.80. The van der Waals surface area contributed by atoms with Crippen LogP contribution in [-0.4, -0.2) is 48.2 Å². The summed E-state index contributed by atoms with van der Waals surface area (Å²) >= 11 is 0. The van der Waals surface area contributed by atoms with Gasteiger partial charge in [0.1, 0.15) is 5.54 Å². The van der Waals surface area contributed by atoms with Crippen LogP contribution in [0.1, 0.15) is 38.5 Å². The molecule has 0 aromatic heterocycles. The first kappa shape index (κ1) is 12.8. The number of nitrogens with one attached hydrogen (secondary N) is 1. The van der Waals surface area contributed by atoms with Crippen molar-refractivity contribution in [3.8, 4) is 0 Å². The smallest absolute Gasteiger partial charge is 0.325 e. The van der Waals surface area contributed by atoms with Gasteiger partial charge < -0.3 is 15.3 Å². The normalized spacial score (nSPS) is 26.2. The molecule has 2 fully saturated rings. The lowest BCUT2D eigenvalue weighted by Crippen LogP contribution is -2.59. The van der Waals surface area contributed by atoms with Crippen molar-refractivity contribution in [2.75, 3.05) is 26.7 Å². The zero-order valence-electron chi connectivity index (χ0n) is 10.7. The molecule has 0 spiro atoms. The van der Waals surface area contributed by atoms with E-state index >= 15 is 0 Å². The Kier molecular flexibility index (Phi) is 4.05. The zero-order chi connectivity index (χ0) is 12.3. The Balaban J connectivity index is 2.02. The second-order valence-corrected chi connectivity index (χ2v) is 5.49. The van der Waals surface area contributed by atoms with Crippen molar-refractivity contribution in [3.63, 3.8) is 0 Å². The maximum atomic E-state index is 11.6. The Morgan fingerprint density at radius 3 is 2.29 bits per heavy atom. The number of carboxylic acids is 1. The van der Waals surface area contributed by atoms with Gasteiger partial charge in [-0.05, 0) is 51.7 Å². The summed E-state index contributed by atoms with van der Waals surface area (Å²) in [5.41, 5.74) is -0.704. The fourth-order valence-corrected chi connectivity index (χ4v) is 2.98. The summed E-state index contributed by atoms with van der Waals surface area (Å²) < 4.78 is 0. The van der Waals surface area contributed by atoms with Gasteiger partial charge in [0.15, 0.2) is 0 Å². The predicted octanol–water partition coefficient (Wildman–Crippen LogP) is 1.32. The van der Waals surface area contributed by atoms with Gasteiger partial charge in [0.05, 0.1) is 0 Å². The Morgan fingerprint density at radius 1 is 1.29 bits per heavy atom. The van der Waals surface area contributed by atoms with Crippen molar-refractivity contribution in [1.29, 1.82) is 0 Å². The molecule has 1 heterocycles. The van der Waals surface area contributed by atoms with Crippen LogP contribution in [0.15, 0.2) is 0 Å². The van der Waals surface area contributed by atoms with Crippen LogP contribution in [0.5, 0.6) is 0 Å². The lowest BCUT2D eigenvalue weighted by molar-refractivity contribution is -0.146. The van der Waals surface area contributed by atoms with Crippen LogP contribution in [0.4, 0.5) is 0 Å². The van der Waals surface area contributed by atoms with Gasteiger partial charge in [-0.2, -0.15) is 0 Å². The predicted molar refractivity (Wildman–Crippen MR) is 67.1 cm³/mol. The number of likely N-dealkylation sites (tertiary alicyclic amines) is 1. The van der Waals surface area contributed by atoms with Gasteiger partial charge in [-0.1, -0.05) is 12.8 Å². The first-order chi connectivity index (χ1) is 8.19. The molecule has 1 unspecified atom stereocenters. The molecular formula is C13H24N2O2. The van der Waals surface area contributed by atoms with Crippen LogP contribution in [0.25, 0.3) is 0 Å². The fourth-order valence-electron chi connectivity index (χ4n) is 2.98. The second kappa shape index (κ2) is 5.36. The molecule has 0 radical (unpaired) electrons. The Bertz CT molecular complexity index is 271. The molecule has 0 aromatic carbocycles. The van der Waals surface area contributed by atoms with Crippen molar-refractivity contribution in [1.82, 2.24) is 10.2 Å². The average Bonchev–Trinajstić information content (AvgIpc) is 3.13. The van der Waals surface area contributed by atoms with Crippen LogP contribution >= 0.6 is 0 Å². The SMILES string of the molecule is CNC(CN1CCCCCC1)(C(=O)O)C1CC1. The Morgan fingerprint density at radius 2 is 1.88 bits per heavy atom. The fraction of sp³-hybridized carbons (Fsp3) is 0.923. The van der Waals surface area contributed by atoms with Gasteiger partial charge in [0.25, 0.3) is 0 Å². The van der Waals surface area contributed by atoms with Crippen LogP contribution in [0.3, 0.4) is 0 Å². The first-order valence-electron chi connectivity index (χ1n) is 6.84. The summed E-state index contributed by atoms with van der Waals surface area (Å²) in [5, 5.41) is 12.6. The van der Waals surface area contributed by atoms with E-state index in [2.05, 4.69) is 10.2 Å². The van der Waals surface area contributed by atoms with E-state index in [1.165, 1.54) is 25.7 Å². The topological polar surface area (TPSA) is 52.6 Å². The summed E-state index contributed by atoms with van der Waals surface area (Å²) in [6, 6.07) is 0. The van der Waals surface area contributed by atoms with E-state index in [0.717, 1.165) is 25.9 Å². The van der Waals surface area contributed by atoms with Gasteiger partial charge in [0.2, 0.25) is 0 Å². The van der Waals surface area contributed by atoms with Crippen LogP contribution in [0.2, 0.25) is 0 Å². The molecular weight excluding hydrogens is 216 g/mol. The molecule has 2 rings (SSSR count). The number of carboxylic acid groups (broad SMARTS) is 1. The zero-order valence-corrected chi connectivity index (χ0v) is 10.7. The molecule has 1 atom stereocenters. The van der Waals surface area contributed by atoms with E-state index in [4.69, 9.17) is 0 Å². The van der Waals surface area contributed by atoms with E-state index in [1.54, 1.807) is 7.05 Å². The van der Waals surface area contributed by atoms with Crippen molar-refractivity contribution in [3.05, 3.63) is 0 Å². The van der Waals surface area contributed by atoms with Crippen LogP contribution in [-0.2, 0) is 4.79 Å². The minimum absolute atomic E-state index is 0.327. The molecule has 1 saturated heterocycles. The van der Waals surface area contributed by atoms with Gasteiger partial charge in [-0.25, -0.2) is 0 Å². The number of likely N-dealkylation sites (N-methyl/N-ethyl adjacent to an activating group) is 1. The third-order valence-electron chi connectivity index (χ3n) is 4.27. The summed E-state index contributed by atoms with van der Waals surface area (Å²) in [7, 11) is 1.80. The van der Waals surface area contributed by atoms with Gasteiger partial charge in [0, 0.05) is 6.54 Å². The van der Waals surface area contributed by atoms with E-state index < -0.39 is 11.5 Å². The Labute approximate surface area is 103 Å². The molecule has 4 nitrogen and oxygen atoms in total. The minimum atomic E-state index is -0.704. The second-order valence-electron chi connectivity index (χ2n) is 5.49. The van der Waals surface area contributed by atoms with Crippen molar-refractivity contribution < 1.29 is 9.90 Å². The van der Waals surface area contributed by atoms with Crippen LogP contribution in [0, 0.1) is 5.92 Å². The highest BCUT2D eigenvalue weighted by Gasteiger charge is 2.51. The molecule has 4 heteroatoms. The third-order valence-corrected chi connectivity index (χ3v) is 4.27. The summed E-state index contributed by atoms with van der Waals surface area (Å²) in [4.78, 5) is 13.9. The number of carbonyl (C=O) groups is 1. The maximum absolute atomic E-state index is 11.6. The van der Waals surface area contributed by atoms with Crippen molar-refractivity contribution >= 4 is 5.97 Å². The molecule has 0 aromatic rings. The maximum Gasteiger partial charge on any atom is 0.325 e. The lowest BCUT2D eigenvalue weighted by atomic mass is 9.92. The monoisotopic (exact) mass is 240 g/mol. The highest BCUT2D eigenvalue weighted by atomic mass is 16.4. The van der Waals surface area contributed by atoms with Crippen LogP contribution < -0.4 is 5.32 Å². The number of aliphatic carboxylic acids is 1. The molecule has 1 aliphatic heterocycles. The summed E-state index contributed by atoms with van der Waals surface area (Å²) in [6.45, 7) is 2.79. The number of nitrogens with zero attached hydrogens (tertiary/aromatic N) is 1. The van der Waals surface area contributed by atoms with Crippen molar-refractivity contribution in [2.45, 2.75) is 44.1 Å². The largest absolute Gasteiger partial charge is 0.480 e. The number of rotatable bonds is 5. The molecule has 0 bridgehead atoms. The van der Waals surface area contributed by atoms with E-state index in [9.17, 15) is 9.90 Å². The van der Waals surface area contributed by atoms with Gasteiger partial charge in [-0.3, -0.25) is 4.79 Å². The minimum Gasteiger partial charge on any atom is -0.480 e. The first-order valence-corrected chi connectivity index (χ1v) is 6.84. The van der Waals surface area contributed by atoms with Crippen molar-refractivity contribution in [2.24, 2.45) is 5.92 Å². The molecule has 1 saturated carbocycles. The Hall–Kier alpha value is -0.610. The standard InChI is InChI=1S/C13H24N2O2/c1-14-13(12(16)17,11-6-7-11)10-15-8-4-2-3-5-9-15/h11,14H,2-10H2,1H3,(H,16,17). The van der Waals surface area contributed by atoms with E-state index in [0.29, 0.717) is 12.5 Å². The highest BCUT2D eigenvalue weighted by Crippen LogP contribution is 2.40. The summed E-state index contributed by atoms with van der Waals surface area (Å²) in [5.74, 6) is -0.347. The number of hydrogen-bond donors (Lipinski definition) is 2. The summed E-state index contributed by atoms with van der Waals surface area (Å²) in [6.07, 6.45) is 7.12. The molecule has 1 aliphatic carbocycles. The molecule has 0 amide bonds. The molecule has 17 heavy (non-hydrogen) atoms. The average molecular weight is 240 g/mol. The van der Waals surface area contributed by atoms with Gasteiger partial charge >= 0.3 is 5.97 Å². The quantitative estimate of drug-likeness (QED) is 0.761. The molecule has 98 valence electrons. The lowest BCUT2D eigenvalue weighted by Gasteiger charge is -2.34. The van der Waals surface area contributed by atoms with E-state index in [1.807, 2.05) is 0 Å². The molecule has 2 aliphatic rings. The third kappa shape index (κ3) is 2.80. The van der Waals surface area contributed by atoms with Gasteiger partial charge in [-0.15, -0.1) is 0 Å².